The van der Waals surface area contributed by atoms with Crippen LogP contribution in [0.4, 0.5) is 0 Å². The Morgan fingerprint density at radius 2 is 1.80 bits per heavy atom. The van der Waals surface area contributed by atoms with Gasteiger partial charge in [-0.2, -0.15) is 0 Å². The molecule has 0 aliphatic carbocycles. The van der Waals surface area contributed by atoms with Crippen LogP contribution >= 0.6 is 15.9 Å². The summed E-state index contributed by atoms with van der Waals surface area (Å²) in [6.45, 7) is 3.86. The van der Waals surface area contributed by atoms with Crippen molar-refractivity contribution in [1.29, 1.82) is 0 Å². The molecule has 0 bridgehead atoms. The molecule has 1 aromatic carbocycles. The average Bonchev–Trinajstić information content (AvgIpc) is 2.19. The van der Waals surface area contributed by atoms with Crippen LogP contribution in [0.1, 0.15) is 11.1 Å². The second-order valence-corrected chi connectivity index (χ2v) is 4.71. The Morgan fingerprint density at radius 1 is 1.13 bits per heavy atom. The first-order valence-electron chi connectivity index (χ1n) is 4.77. The molecule has 0 aliphatic rings. The van der Waals surface area contributed by atoms with E-state index < -0.39 is 0 Å². The first-order chi connectivity index (χ1) is 7.00. The Labute approximate surface area is 96.7 Å². The van der Waals surface area contributed by atoms with E-state index >= 15 is 0 Å². The molecule has 15 heavy (non-hydrogen) atoms. The smallest absolute Gasteiger partial charge is 0.253 e. The summed E-state index contributed by atoms with van der Waals surface area (Å²) >= 11 is 3.50. The maximum Gasteiger partial charge on any atom is 0.253 e. The normalized spacial score (nSPS) is 10.9. The zero-order valence-electron chi connectivity index (χ0n) is 8.97. The van der Waals surface area contributed by atoms with Gasteiger partial charge in [0.25, 0.3) is 5.56 Å². The van der Waals surface area contributed by atoms with Crippen molar-refractivity contribution < 1.29 is 0 Å². The van der Waals surface area contributed by atoms with Crippen molar-refractivity contribution in [2.45, 2.75) is 13.8 Å². The number of rotatable bonds is 0. The van der Waals surface area contributed by atoms with E-state index in [0.29, 0.717) is 0 Å². The van der Waals surface area contributed by atoms with Gasteiger partial charge in [0, 0.05) is 17.1 Å². The largest absolute Gasteiger partial charge is 0.311 e. The highest BCUT2D eigenvalue weighted by molar-refractivity contribution is 9.10. The molecular weight excluding hydrogens is 254 g/mol. The number of aromatic nitrogens is 1. The van der Waals surface area contributed by atoms with Crippen LogP contribution in [-0.4, -0.2) is 4.57 Å². The highest BCUT2D eigenvalue weighted by Crippen LogP contribution is 2.23. The van der Waals surface area contributed by atoms with Crippen molar-refractivity contribution in [3.8, 4) is 0 Å². The van der Waals surface area contributed by atoms with Gasteiger partial charge >= 0.3 is 0 Å². The quantitative estimate of drug-likeness (QED) is 0.718. The molecule has 0 radical (unpaired) electrons. The monoisotopic (exact) mass is 265 g/mol. The van der Waals surface area contributed by atoms with Crippen molar-refractivity contribution in [1.82, 2.24) is 4.57 Å². The fourth-order valence-electron chi connectivity index (χ4n) is 1.76. The van der Waals surface area contributed by atoms with Crippen molar-refractivity contribution in [3.05, 3.63) is 44.2 Å². The number of aryl methyl sites for hydroxylation is 3. The molecule has 0 amide bonds. The van der Waals surface area contributed by atoms with E-state index in [1.165, 1.54) is 0 Å². The molecule has 0 atom stereocenters. The van der Waals surface area contributed by atoms with Crippen LogP contribution in [0, 0.1) is 13.8 Å². The fourth-order valence-corrected chi connectivity index (χ4v) is 2.12. The minimum Gasteiger partial charge on any atom is -0.311 e. The first kappa shape index (κ1) is 10.4. The SMILES string of the molecule is Cc1cc2c(cc1Br)cc(C)c(=O)n2C. The van der Waals surface area contributed by atoms with Crippen molar-refractivity contribution in [2.24, 2.45) is 7.05 Å². The maximum absolute atomic E-state index is 11.7. The molecule has 1 heterocycles. The predicted molar refractivity (Wildman–Crippen MR) is 66.4 cm³/mol. The minimum absolute atomic E-state index is 0.0734. The summed E-state index contributed by atoms with van der Waals surface area (Å²) in [7, 11) is 1.81. The third-order valence-corrected chi connectivity index (χ3v) is 3.54. The van der Waals surface area contributed by atoms with E-state index in [2.05, 4.69) is 22.0 Å². The second-order valence-electron chi connectivity index (χ2n) is 3.85. The third kappa shape index (κ3) is 1.61. The molecule has 2 rings (SSSR count). The van der Waals surface area contributed by atoms with Crippen LogP contribution in [0.2, 0.25) is 0 Å². The molecule has 0 saturated carbocycles. The van der Waals surface area contributed by atoms with Gasteiger partial charge in [-0.15, -0.1) is 0 Å². The van der Waals surface area contributed by atoms with Crippen LogP contribution < -0.4 is 5.56 Å². The van der Waals surface area contributed by atoms with Gasteiger partial charge < -0.3 is 4.57 Å². The van der Waals surface area contributed by atoms with Gasteiger partial charge in [-0.1, -0.05) is 15.9 Å². The number of halogens is 1. The summed E-state index contributed by atoms with van der Waals surface area (Å²) in [4.78, 5) is 11.7. The van der Waals surface area contributed by atoms with E-state index in [1.54, 1.807) is 4.57 Å². The summed E-state index contributed by atoms with van der Waals surface area (Å²) in [6, 6.07) is 6.01. The Bertz CT molecular complexity index is 599. The molecule has 1 aromatic heterocycles. The van der Waals surface area contributed by atoms with E-state index in [9.17, 15) is 4.79 Å². The Balaban J connectivity index is 3.00. The van der Waals surface area contributed by atoms with E-state index in [1.807, 2.05) is 33.0 Å². The van der Waals surface area contributed by atoms with Crippen molar-refractivity contribution in [3.63, 3.8) is 0 Å². The summed E-state index contributed by atoms with van der Waals surface area (Å²) in [6.07, 6.45) is 0. The number of hydrogen-bond donors (Lipinski definition) is 0. The summed E-state index contributed by atoms with van der Waals surface area (Å²) < 4.78 is 2.78. The second kappa shape index (κ2) is 3.49. The number of fused-ring (bicyclic) bond motifs is 1. The maximum atomic E-state index is 11.7. The van der Waals surface area contributed by atoms with Crippen molar-refractivity contribution in [2.75, 3.05) is 0 Å². The van der Waals surface area contributed by atoms with Crippen LogP contribution in [-0.2, 0) is 7.05 Å². The highest BCUT2D eigenvalue weighted by Gasteiger charge is 2.05. The fraction of sp³-hybridized carbons (Fsp3) is 0.250. The Morgan fingerprint density at radius 3 is 2.47 bits per heavy atom. The lowest BCUT2D eigenvalue weighted by Gasteiger charge is -2.08. The van der Waals surface area contributed by atoms with Gasteiger partial charge in [-0.3, -0.25) is 4.79 Å². The molecule has 0 spiro atoms. The van der Waals surface area contributed by atoms with Gasteiger partial charge in [0.15, 0.2) is 0 Å². The Kier molecular flexibility index (Phi) is 2.43. The standard InChI is InChI=1S/C12H12BrNO/c1-7-5-11-9(6-10(7)13)4-8(2)12(15)14(11)3/h4-6H,1-3H3. The predicted octanol–water partition coefficient (Wildman–Crippen LogP) is 2.92. The highest BCUT2D eigenvalue weighted by atomic mass is 79.9. The van der Waals surface area contributed by atoms with Gasteiger partial charge in [-0.05, 0) is 43.0 Å². The molecule has 0 N–H and O–H groups in total. The number of pyridine rings is 1. The number of nitrogens with zero attached hydrogens (tertiary/aromatic N) is 1. The van der Waals surface area contributed by atoms with Crippen LogP contribution in [0.25, 0.3) is 10.9 Å². The first-order valence-corrected chi connectivity index (χ1v) is 5.56. The van der Waals surface area contributed by atoms with Crippen LogP contribution in [0.3, 0.4) is 0 Å². The van der Waals surface area contributed by atoms with Gasteiger partial charge in [-0.25, -0.2) is 0 Å². The molecule has 3 heteroatoms. The zero-order valence-corrected chi connectivity index (χ0v) is 10.6. The zero-order chi connectivity index (χ0) is 11.2. The van der Waals surface area contributed by atoms with Crippen LogP contribution in [0.15, 0.2) is 27.5 Å². The lowest BCUT2D eigenvalue weighted by atomic mass is 10.1. The van der Waals surface area contributed by atoms with E-state index in [0.717, 1.165) is 26.5 Å². The molecule has 0 unspecified atom stereocenters. The molecule has 0 aliphatic heterocycles. The molecule has 0 fully saturated rings. The van der Waals surface area contributed by atoms with Gasteiger partial charge in [0.1, 0.15) is 0 Å². The van der Waals surface area contributed by atoms with Gasteiger partial charge in [0.2, 0.25) is 0 Å². The molecule has 2 nitrogen and oxygen atoms in total. The number of benzene rings is 1. The van der Waals surface area contributed by atoms with Crippen LogP contribution in [0.5, 0.6) is 0 Å². The average molecular weight is 266 g/mol. The molecule has 78 valence electrons. The van der Waals surface area contributed by atoms with E-state index in [-0.39, 0.29) is 5.56 Å². The Hall–Kier alpha value is -1.09. The summed E-state index contributed by atoms with van der Waals surface area (Å²) in [5, 5.41) is 1.09. The molecule has 0 saturated heterocycles. The van der Waals surface area contributed by atoms with Crippen molar-refractivity contribution >= 4 is 26.8 Å². The lowest BCUT2D eigenvalue weighted by molar-refractivity contribution is 0.892. The van der Waals surface area contributed by atoms with E-state index in [4.69, 9.17) is 0 Å². The number of hydrogen-bond acceptors (Lipinski definition) is 1. The van der Waals surface area contributed by atoms with Gasteiger partial charge in [0.05, 0.1) is 5.52 Å². The molecule has 2 aromatic rings. The summed E-state index contributed by atoms with van der Waals surface area (Å²) in [5.41, 5.74) is 2.97. The lowest BCUT2D eigenvalue weighted by Crippen LogP contribution is -2.19. The topological polar surface area (TPSA) is 22.0 Å². The minimum atomic E-state index is 0.0734. The third-order valence-electron chi connectivity index (χ3n) is 2.68. The molecular formula is C12H12BrNO. The summed E-state index contributed by atoms with van der Waals surface area (Å²) in [5.74, 6) is 0.